The number of nitrogens with zero attached hydrogens (tertiary/aromatic N) is 3. The minimum absolute atomic E-state index is 0.186. The second-order valence-electron chi connectivity index (χ2n) is 8.25. The Morgan fingerprint density at radius 3 is 2.72 bits per heavy atom. The number of nitrogens with one attached hydrogen (secondary N) is 2. The third-order valence-electron chi connectivity index (χ3n) is 5.49. The van der Waals surface area contributed by atoms with Crippen molar-refractivity contribution in [2.45, 2.75) is 56.3 Å². The van der Waals surface area contributed by atoms with Gasteiger partial charge in [-0.1, -0.05) is 38.5 Å². The number of benzene rings is 1. The van der Waals surface area contributed by atoms with Crippen molar-refractivity contribution in [3.05, 3.63) is 47.6 Å². The third kappa shape index (κ3) is 4.92. The van der Waals surface area contributed by atoms with E-state index in [0.717, 1.165) is 54.4 Å². The Labute approximate surface area is 192 Å². The van der Waals surface area contributed by atoms with Crippen LogP contribution in [0.3, 0.4) is 0 Å². The first-order valence-corrected chi connectivity index (χ1v) is 13.1. The molecule has 3 heterocycles. The van der Waals surface area contributed by atoms with Gasteiger partial charge in [-0.05, 0) is 42.3 Å². The van der Waals surface area contributed by atoms with Gasteiger partial charge >= 0.3 is 0 Å². The van der Waals surface area contributed by atoms with E-state index in [1.54, 1.807) is 17.5 Å². The molecule has 0 saturated heterocycles. The molecule has 1 aliphatic heterocycles. The second-order valence-corrected chi connectivity index (χ2v) is 11.1. The number of aromatic nitrogens is 3. The van der Waals surface area contributed by atoms with Gasteiger partial charge in [0.2, 0.25) is 5.91 Å². The van der Waals surface area contributed by atoms with E-state index in [2.05, 4.69) is 24.8 Å². The molecule has 1 aliphatic rings. The zero-order valence-electron chi connectivity index (χ0n) is 18.1. The van der Waals surface area contributed by atoms with Crippen LogP contribution in [0.1, 0.15) is 38.9 Å². The lowest BCUT2D eigenvalue weighted by Crippen LogP contribution is -2.46. The molecule has 0 radical (unpaired) electrons. The molecule has 10 heteroatoms. The number of hydrogen-bond donors (Lipinski definition) is 2. The van der Waals surface area contributed by atoms with Gasteiger partial charge in [0.05, 0.1) is 0 Å². The van der Waals surface area contributed by atoms with Crippen LogP contribution < -0.4 is 10.0 Å². The fourth-order valence-electron chi connectivity index (χ4n) is 3.79. The summed E-state index contributed by atoms with van der Waals surface area (Å²) in [5, 5.41) is 13.3. The Bertz CT molecular complexity index is 1190. The Balaban J connectivity index is 1.54. The SMILES string of the molecule is CC(C)[C@@H](NS(=O)(=O)c1cccs1)C(=O)Nc1cccc(-c2nnc3n2CCCCC3)c1. The summed E-state index contributed by atoms with van der Waals surface area (Å²) >= 11 is 1.11. The molecule has 4 rings (SSSR count). The summed E-state index contributed by atoms with van der Waals surface area (Å²) in [6.07, 6.45) is 4.31. The molecule has 32 heavy (non-hydrogen) atoms. The highest BCUT2D eigenvalue weighted by atomic mass is 32.2. The average Bonchev–Trinajstić information content (AvgIpc) is 3.38. The quantitative estimate of drug-likeness (QED) is 0.545. The smallest absolute Gasteiger partial charge is 0.250 e. The van der Waals surface area contributed by atoms with Gasteiger partial charge in [0.25, 0.3) is 10.0 Å². The number of anilines is 1. The van der Waals surface area contributed by atoms with Crippen molar-refractivity contribution in [1.29, 1.82) is 0 Å². The molecule has 2 aromatic heterocycles. The second kappa shape index (κ2) is 9.51. The number of rotatable bonds is 7. The van der Waals surface area contributed by atoms with Crippen LogP contribution in [-0.4, -0.2) is 35.1 Å². The van der Waals surface area contributed by atoms with Gasteiger partial charge < -0.3 is 9.88 Å². The molecule has 0 saturated carbocycles. The first kappa shape index (κ1) is 22.6. The predicted molar refractivity (Wildman–Crippen MR) is 125 cm³/mol. The molecule has 0 spiro atoms. The zero-order chi connectivity index (χ0) is 22.7. The minimum atomic E-state index is -3.77. The summed E-state index contributed by atoms with van der Waals surface area (Å²) in [5.74, 6) is 1.14. The van der Waals surface area contributed by atoms with E-state index in [9.17, 15) is 13.2 Å². The molecular formula is C22H27N5O3S2. The summed E-state index contributed by atoms with van der Waals surface area (Å²) in [6.45, 7) is 4.50. The van der Waals surface area contributed by atoms with Gasteiger partial charge in [0.1, 0.15) is 16.1 Å². The maximum absolute atomic E-state index is 13.0. The van der Waals surface area contributed by atoms with Crippen LogP contribution in [0.4, 0.5) is 5.69 Å². The molecule has 0 unspecified atom stereocenters. The Morgan fingerprint density at radius 2 is 1.97 bits per heavy atom. The number of fused-ring (bicyclic) bond motifs is 1. The first-order chi connectivity index (χ1) is 15.3. The van der Waals surface area contributed by atoms with Crippen molar-refractivity contribution in [1.82, 2.24) is 19.5 Å². The van der Waals surface area contributed by atoms with Crippen LogP contribution in [0.25, 0.3) is 11.4 Å². The van der Waals surface area contributed by atoms with Crippen LogP contribution in [-0.2, 0) is 27.8 Å². The lowest BCUT2D eigenvalue weighted by atomic mass is 10.0. The molecule has 170 valence electrons. The van der Waals surface area contributed by atoms with E-state index in [0.29, 0.717) is 5.69 Å². The van der Waals surface area contributed by atoms with Crippen LogP contribution >= 0.6 is 11.3 Å². The molecule has 1 aromatic carbocycles. The highest BCUT2D eigenvalue weighted by molar-refractivity contribution is 7.91. The van der Waals surface area contributed by atoms with Gasteiger partial charge in [-0.25, -0.2) is 8.42 Å². The number of carbonyl (C=O) groups is 1. The Kier molecular flexibility index (Phi) is 6.73. The maximum atomic E-state index is 13.0. The summed E-state index contributed by atoms with van der Waals surface area (Å²) in [7, 11) is -3.77. The van der Waals surface area contributed by atoms with Gasteiger partial charge in [-0.3, -0.25) is 4.79 Å². The molecular weight excluding hydrogens is 446 g/mol. The topological polar surface area (TPSA) is 106 Å². The molecule has 8 nitrogen and oxygen atoms in total. The number of hydrogen-bond acceptors (Lipinski definition) is 6. The van der Waals surface area contributed by atoms with Crippen molar-refractivity contribution in [3.63, 3.8) is 0 Å². The highest BCUT2D eigenvalue weighted by Crippen LogP contribution is 2.25. The summed E-state index contributed by atoms with van der Waals surface area (Å²) in [4.78, 5) is 13.0. The van der Waals surface area contributed by atoms with Crippen molar-refractivity contribution in [2.24, 2.45) is 5.92 Å². The molecule has 0 bridgehead atoms. The van der Waals surface area contributed by atoms with Crippen LogP contribution in [0.2, 0.25) is 0 Å². The van der Waals surface area contributed by atoms with Crippen molar-refractivity contribution >= 4 is 33.0 Å². The summed E-state index contributed by atoms with van der Waals surface area (Å²) in [5.41, 5.74) is 1.45. The number of thiophene rings is 1. The van der Waals surface area contributed by atoms with Crippen LogP contribution in [0.15, 0.2) is 46.0 Å². The molecule has 1 amide bonds. The van der Waals surface area contributed by atoms with E-state index in [1.165, 1.54) is 12.5 Å². The van der Waals surface area contributed by atoms with E-state index in [1.807, 2.05) is 32.0 Å². The monoisotopic (exact) mass is 473 g/mol. The van der Waals surface area contributed by atoms with Crippen LogP contribution in [0, 0.1) is 5.92 Å². The summed E-state index contributed by atoms with van der Waals surface area (Å²) < 4.78 is 30.2. The minimum Gasteiger partial charge on any atom is -0.325 e. The number of sulfonamides is 1. The number of aryl methyl sites for hydroxylation is 1. The average molecular weight is 474 g/mol. The third-order valence-corrected chi connectivity index (χ3v) is 8.33. The molecule has 1 atom stereocenters. The van der Waals surface area contributed by atoms with Gasteiger partial charge in [0, 0.05) is 24.2 Å². The number of amides is 1. The standard InChI is InChI=1S/C22H27N5O3S2/c1-15(2)20(26-32(29,30)19-11-7-13-31-19)22(28)23-17-9-6-8-16(14-17)21-25-24-18-10-4-3-5-12-27(18)21/h6-9,11,13-15,20,26H,3-5,10,12H2,1-2H3,(H,23,28)/t20-/m1/s1. The van der Waals surface area contributed by atoms with Crippen molar-refractivity contribution in [3.8, 4) is 11.4 Å². The van der Waals surface area contributed by atoms with Crippen molar-refractivity contribution in [2.75, 3.05) is 5.32 Å². The van der Waals surface area contributed by atoms with E-state index < -0.39 is 22.0 Å². The molecule has 0 fully saturated rings. The van der Waals surface area contributed by atoms with Crippen molar-refractivity contribution < 1.29 is 13.2 Å². The van der Waals surface area contributed by atoms with Crippen LogP contribution in [0.5, 0.6) is 0 Å². The fraction of sp³-hybridized carbons (Fsp3) is 0.409. The molecule has 2 N–H and O–H groups in total. The van der Waals surface area contributed by atoms with E-state index in [4.69, 9.17) is 0 Å². The van der Waals surface area contributed by atoms with E-state index in [-0.39, 0.29) is 10.1 Å². The van der Waals surface area contributed by atoms with E-state index >= 15 is 0 Å². The summed E-state index contributed by atoms with van der Waals surface area (Å²) in [6, 6.07) is 9.71. The highest BCUT2D eigenvalue weighted by Gasteiger charge is 2.29. The van der Waals surface area contributed by atoms with Gasteiger partial charge in [-0.2, -0.15) is 4.72 Å². The lowest BCUT2D eigenvalue weighted by Gasteiger charge is -2.21. The predicted octanol–water partition coefficient (Wildman–Crippen LogP) is 3.67. The molecule has 0 aliphatic carbocycles. The van der Waals surface area contributed by atoms with Gasteiger partial charge in [0.15, 0.2) is 5.82 Å². The zero-order valence-corrected chi connectivity index (χ0v) is 19.7. The van der Waals surface area contributed by atoms with Gasteiger partial charge in [-0.15, -0.1) is 21.5 Å². The first-order valence-electron chi connectivity index (χ1n) is 10.7. The molecule has 3 aromatic rings. The largest absolute Gasteiger partial charge is 0.325 e. The Morgan fingerprint density at radius 1 is 1.12 bits per heavy atom. The number of carbonyl (C=O) groups excluding carboxylic acids is 1. The maximum Gasteiger partial charge on any atom is 0.250 e. The lowest BCUT2D eigenvalue weighted by molar-refractivity contribution is -0.118. The Hall–Kier alpha value is -2.56. The normalized spacial score (nSPS) is 15.2. The fourth-order valence-corrected chi connectivity index (χ4v) is 6.14.